The van der Waals surface area contributed by atoms with Gasteiger partial charge in [0.1, 0.15) is 0 Å². The highest BCUT2D eigenvalue weighted by Gasteiger charge is 1.82. The Morgan fingerprint density at radius 1 is 0.923 bits per heavy atom. The minimum Gasteiger partial charge on any atom is -0.306 e. The van der Waals surface area contributed by atoms with Crippen molar-refractivity contribution in [2.45, 2.75) is 52.4 Å². The van der Waals surface area contributed by atoms with Crippen molar-refractivity contribution in [1.29, 1.82) is 0 Å². The summed E-state index contributed by atoms with van der Waals surface area (Å²) in [5.74, 6) is 6.33. The molecule has 0 bridgehead atoms. The number of hydrogen-bond acceptors (Lipinski definition) is 1. The first kappa shape index (κ1) is 12.5. The average Bonchev–Trinajstić information content (AvgIpc) is 2.16. The second-order valence-electron chi connectivity index (χ2n) is 3.34. The molecule has 0 unspecified atom stereocenters. The van der Waals surface area contributed by atoms with Crippen molar-refractivity contribution < 1.29 is 0 Å². The Balaban J connectivity index is 3.02. The Morgan fingerprint density at radius 2 is 1.69 bits per heavy atom. The van der Waals surface area contributed by atoms with Gasteiger partial charge in [-0.15, -0.1) is 5.92 Å². The molecule has 0 spiro atoms. The summed E-state index contributed by atoms with van der Waals surface area (Å²) in [5, 5.41) is 3.30. The maximum atomic E-state index is 3.30. The number of hydrogen-bond donors (Lipinski definition) is 1. The molecule has 0 aliphatic heterocycles. The minimum absolute atomic E-state index is 0.867. The molecule has 0 aromatic rings. The predicted molar refractivity (Wildman–Crippen MR) is 59.7 cm³/mol. The molecular formula is C12H23N. The molecule has 13 heavy (non-hydrogen) atoms. The van der Waals surface area contributed by atoms with Crippen LogP contribution in [0.25, 0.3) is 0 Å². The summed E-state index contributed by atoms with van der Waals surface area (Å²) >= 11 is 0. The van der Waals surface area contributed by atoms with Crippen molar-refractivity contribution in [2.75, 3.05) is 13.1 Å². The number of rotatable bonds is 7. The smallest absolute Gasteiger partial charge is 0.0576 e. The van der Waals surface area contributed by atoms with Crippen molar-refractivity contribution in [1.82, 2.24) is 5.32 Å². The topological polar surface area (TPSA) is 12.0 Å². The predicted octanol–water partition coefficient (Wildman–Crippen LogP) is 2.96. The highest BCUT2D eigenvalue weighted by Crippen LogP contribution is 1.96. The van der Waals surface area contributed by atoms with E-state index in [1.54, 1.807) is 0 Å². The van der Waals surface area contributed by atoms with Crippen LogP contribution >= 0.6 is 0 Å². The highest BCUT2D eigenvalue weighted by molar-refractivity contribution is 5.00. The summed E-state index contributed by atoms with van der Waals surface area (Å²) in [7, 11) is 0. The molecule has 0 amide bonds. The van der Waals surface area contributed by atoms with E-state index in [9.17, 15) is 0 Å². The zero-order chi connectivity index (χ0) is 9.78. The molecule has 0 saturated carbocycles. The molecular weight excluding hydrogens is 158 g/mol. The van der Waals surface area contributed by atoms with Crippen molar-refractivity contribution in [3.05, 3.63) is 0 Å². The third-order valence-electron chi connectivity index (χ3n) is 1.95. The van der Waals surface area contributed by atoms with Gasteiger partial charge in [0.25, 0.3) is 0 Å². The van der Waals surface area contributed by atoms with Crippen LogP contribution in [0.4, 0.5) is 0 Å². The average molecular weight is 181 g/mol. The molecule has 0 radical (unpaired) electrons. The molecule has 0 fully saturated rings. The van der Waals surface area contributed by atoms with Crippen molar-refractivity contribution in [3.8, 4) is 11.8 Å². The van der Waals surface area contributed by atoms with Crippen LogP contribution in [0.15, 0.2) is 0 Å². The fourth-order valence-electron chi connectivity index (χ4n) is 1.07. The maximum absolute atomic E-state index is 3.30. The number of nitrogens with one attached hydrogen (secondary N) is 1. The number of unbranched alkanes of at least 4 members (excludes halogenated alkanes) is 4. The van der Waals surface area contributed by atoms with Gasteiger partial charge in [0, 0.05) is 6.42 Å². The normalized spacial score (nSPS) is 9.38. The summed E-state index contributed by atoms with van der Waals surface area (Å²) in [6.07, 6.45) is 7.46. The first-order chi connectivity index (χ1) is 6.41. The van der Waals surface area contributed by atoms with Crippen molar-refractivity contribution in [2.24, 2.45) is 0 Å². The van der Waals surface area contributed by atoms with Gasteiger partial charge in [0.2, 0.25) is 0 Å². The summed E-state index contributed by atoms with van der Waals surface area (Å²) in [6.45, 7) is 6.41. The van der Waals surface area contributed by atoms with Crippen LogP contribution < -0.4 is 5.32 Å². The Bertz CT molecular complexity index is 141. The van der Waals surface area contributed by atoms with Crippen LogP contribution in [0, 0.1) is 11.8 Å². The molecule has 1 nitrogen and oxygen atoms in total. The lowest BCUT2D eigenvalue weighted by Crippen LogP contribution is -2.14. The SMILES string of the molecule is CCCCCC#CCNCCCC. The molecule has 0 rings (SSSR count). The Hall–Kier alpha value is -0.480. The molecule has 76 valence electrons. The Morgan fingerprint density at radius 3 is 2.38 bits per heavy atom. The van der Waals surface area contributed by atoms with E-state index in [0.717, 1.165) is 19.5 Å². The van der Waals surface area contributed by atoms with Gasteiger partial charge in [-0.05, 0) is 19.4 Å². The second kappa shape index (κ2) is 11.5. The van der Waals surface area contributed by atoms with Crippen LogP contribution in [0.3, 0.4) is 0 Å². The zero-order valence-electron chi connectivity index (χ0n) is 9.16. The molecule has 0 heterocycles. The van der Waals surface area contributed by atoms with Crippen molar-refractivity contribution in [3.63, 3.8) is 0 Å². The third kappa shape index (κ3) is 11.5. The fourth-order valence-corrected chi connectivity index (χ4v) is 1.07. The van der Waals surface area contributed by atoms with Crippen LogP contribution in [0.1, 0.15) is 52.4 Å². The quantitative estimate of drug-likeness (QED) is 0.470. The van der Waals surface area contributed by atoms with Crippen LogP contribution in [0.5, 0.6) is 0 Å². The van der Waals surface area contributed by atoms with Gasteiger partial charge in [0.15, 0.2) is 0 Å². The lowest BCUT2D eigenvalue weighted by atomic mass is 10.2. The lowest BCUT2D eigenvalue weighted by Gasteiger charge is -1.95. The first-order valence-electron chi connectivity index (χ1n) is 5.58. The largest absolute Gasteiger partial charge is 0.306 e. The molecule has 0 saturated heterocycles. The molecule has 1 heteroatoms. The lowest BCUT2D eigenvalue weighted by molar-refractivity contribution is 0.686. The monoisotopic (exact) mass is 181 g/mol. The van der Waals surface area contributed by atoms with Gasteiger partial charge in [-0.3, -0.25) is 0 Å². The van der Waals surface area contributed by atoms with Crippen molar-refractivity contribution >= 4 is 0 Å². The Kier molecular flexibility index (Phi) is 11.1. The van der Waals surface area contributed by atoms with Gasteiger partial charge in [0.05, 0.1) is 6.54 Å². The van der Waals surface area contributed by atoms with Gasteiger partial charge < -0.3 is 5.32 Å². The fraction of sp³-hybridized carbons (Fsp3) is 0.833. The zero-order valence-corrected chi connectivity index (χ0v) is 9.16. The molecule has 0 aromatic heterocycles. The minimum atomic E-state index is 0.867. The summed E-state index contributed by atoms with van der Waals surface area (Å²) < 4.78 is 0. The summed E-state index contributed by atoms with van der Waals surface area (Å²) in [6, 6.07) is 0. The van der Waals surface area contributed by atoms with E-state index in [4.69, 9.17) is 0 Å². The standard InChI is InChI=1S/C12H23N/c1-3-5-7-8-9-10-12-13-11-6-4-2/h13H,3-8,11-12H2,1-2H3. The molecule has 0 aromatic carbocycles. The van der Waals surface area contributed by atoms with E-state index >= 15 is 0 Å². The van der Waals surface area contributed by atoms with E-state index in [-0.39, 0.29) is 0 Å². The van der Waals surface area contributed by atoms with Crippen LogP contribution in [0.2, 0.25) is 0 Å². The summed E-state index contributed by atoms with van der Waals surface area (Å²) in [5.41, 5.74) is 0. The van der Waals surface area contributed by atoms with Gasteiger partial charge >= 0.3 is 0 Å². The molecule has 0 aliphatic carbocycles. The van der Waals surface area contributed by atoms with E-state index < -0.39 is 0 Å². The first-order valence-corrected chi connectivity index (χ1v) is 5.58. The van der Waals surface area contributed by atoms with E-state index in [2.05, 4.69) is 31.0 Å². The van der Waals surface area contributed by atoms with Gasteiger partial charge in [-0.2, -0.15) is 0 Å². The van der Waals surface area contributed by atoms with E-state index in [1.807, 2.05) is 0 Å². The van der Waals surface area contributed by atoms with Gasteiger partial charge in [-0.1, -0.05) is 39.0 Å². The molecule has 0 aliphatic rings. The molecule has 1 N–H and O–H groups in total. The maximum Gasteiger partial charge on any atom is 0.0576 e. The Labute approximate surface area is 83.3 Å². The highest BCUT2D eigenvalue weighted by atomic mass is 14.8. The second-order valence-corrected chi connectivity index (χ2v) is 3.34. The van der Waals surface area contributed by atoms with Gasteiger partial charge in [-0.25, -0.2) is 0 Å². The van der Waals surface area contributed by atoms with Crippen LogP contribution in [-0.4, -0.2) is 13.1 Å². The van der Waals surface area contributed by atoms with Crippen LogP contribution in [-0.2, 0) is 0 Å². The molecule has 0 atom stereocenters. The summed E-state index contributed by atoms with van der Waals surface area (Å²) in [4.78, 5) is 0. The van der Waals surface area contributed by atoms with E-state index in [0.29, 0.717) is 0 Å². The van der Waals surface area contributed by atoms with E-state index in [1.165, 1.54) is 32.1 Å². The third-order valence-corrected chi connectivity index (χ3v) is 1.95.